The molecule has 1 aromatic rings. The molecule has 190 valence electrons. The van der Waals surface area contributed by atoms with E-state index in [2.05, 4.69) is 16.7 Å². The van der Waals surface area contributed by atoms with Crippen LogP contribution in [0.2, 0.25) is 0 Å². The Balaban J connectivity index is 1.26. The summed E-state index contributed by atoms with van der Waals surface area (Å²) in [6, 6.07) is 6.68. The maximum Gasteiger partial charge on any atom is 0.243 e. The van der Waals surface area contributed by atoms with E-state index in [-0.39, 0.29) is 10.7 Å². The molecule has 7 heteroatoms. The first kappa shape index (κ1) is 25.8. The second-order valence-corrected chi connectivity index (χ2v) is 12.8. The van der Waals surface area contributed by atoms with Gasteiger partial charge < -0.3 is 4.90 Å². The van der Waals surface area contributed by atoms with Gasteiger partial charge in [-0.2, -0.15) is 4.31 Å². The van der Waals surface area contributed by atoms with Crippen LogP contribution >= 0.6 is 0 Å². The van der Waals surface area contributed by atoms with Crippen molar-refractivity contribution in [2.24, 2.45) is 11.8 Å². The number of nitrogens with zero attached hydrogens (tertiary/aromatic N) is 3. The lowest BCUT2D eigenvalue weighted by molar-refractivity contribution is 0.0888. The van der Waals surface area contributed by atoms with Crippen molar-refractivity contribution in [2.75, 3.05) is 52.4 Å². The molecule has 0 amide bonds. The van der Waals surface area contributed by atoms with Crippen molar-refractivity contribution in [1.29, 1.82) is 0 Å². The predicted molar refractivity (Wildman–Crippen MR) is 137 cm³/mol. The second-order valence-electron chi connectivity index (χ2n) is 10.8. The van der Waals surface area contributed by atoms with Gasteiger partial charge in [-0.25, -0.2) is 8.42 Å². The molecule has 3 saturated heterocycles. The number of likely N-dealkylation sites (tertiary alicyclic amines) is 2. The second kappa shape index (κ2) is 12.1. The van der Waals surface area contributed by atoms with Gasteiger partial charge in [-0.3, -0.25) is 9.69 Å². The minimum absolute atomic E-state index is 0.0204. The topological polar surface area (TPSA) is 60.9 Å². The molecule has 6 nitrogen and oxygen atoms in total. The number of carbonyl (C=O) groups is 1. The van der Waals surface area contributed by atoms with Crippen molar-refractivity contribution in [3.63, 3.8) is 0 Å². The van der Waals surface area contributed by atoms with E-state index in [1.54, 1.807) is 28.6 Å². The normalized spacial score (nSPS) is 24.7. The highest BCUT2D eigenvalue weighted by Gasteiger charge is 2.29. The molecule has 0 aliphatic carbocycles. The van der Waals surface area contributed by atoms with Gasteiger partial charge in [0.25, 0.3) is 0 Å². The van der Waals surface area contributed by atoms with Crippen LogP contribution in [-0.2, 0) is 10.0 Å². The molecule has 3 fully saturated rings. The number of benzene rings is 1. The lowest BCUT2D eigenvalue weighted by atomic mass is 9.93. The molecule has 3 aliphatic rings. The van der Waals surface area contributed by atoms with Gasteiger partial charge in [0, 0.05) is 18.7 Å². The van der Waals surface area contributed by atoms with E-state index in [1.165, 1.54) is 51.7 Å². The Morgan fingerprint density at radius 1 is 0.912 bits per heavy atom. The number of Topliss-reactive ketones (excluding diaryl/α,β-unsaturated/α-hetero) is 1. The number of carbonyl (C=O) groups excluding carboxylic acids is 1. The predicted octanol–water partition coefficient (Wildman–Crippen LogP) is 4.27. The van der Waals surface area contributed by atoms with Gasteiger partial charge in [0.05, 0.1) is 11.4 Å². The molecule has 0 N–H and O–H groups in total. The van der Waals surface area contributed by atoms with Gasteiger partial charge in [-0.05, 0) is 102 Å². The number of sulfonamides is 1. The Kier molecular flexibility index (Phi) is 9.19. The minimum atomic E-state index is -3.55. The van der Waals surface area contributed by atoms with Crippen LogP contribution in [0.5, 0.6) is 0 Å². The molecule has 4 rings (SSSR count). The van der Waals surface area contributed by atoms with E-state index < -0.39 is 10.0 Å². The molecule has 3 aliphatic heterocycles. The van der Waals surface area contributed by atoms with Crippen LogP contribution in [0.1, 0.15) is 75.1 Å². The van der Waals surface area contributed by atoms with E-state index >= 15 is 0 Å². The summed E-state index contributed by atoms with van der Waals surface area (Å²) < 4.78 is 27.8. The summed E-state index contributed by atoms with van der Waals surface area (Å²) in [5.74, 6) is 1.16. The Labute approximate surface area is 206 Å². The van der Waals surface area contributed by atoms with Crippen LogP contribution in [0.25, 0.3) is 0 Å². The lowest BCUT2D eigenvalue weighted by Crippen LogP contribution is -2.39. The lowest BCUT2D eigenvalue weighted by Gasteiger charge is -2.32. The molecular formula is C27H43N3O3S. The number of ketones is 1. The number of hydrogen-bond acceptors (Lipinski definition) is 5. The molecule has 1 unspecified atom stereocenters. The molecule has 3 heterocycles. The van der Waals surface area contributed by atoms with Crippen LogP contribution in [-0.4, -0.2) is 80.7 Å². The highest BCUT2D eigenvalue weighted by atomic mass is 32.2. The number of hydrogen-bond donors (Lipinski definition) is 0. The Morgan fingerprint density at radius 2 is 1.65 bits per heavy atom. The maximum atomic E-state index is 13.1. The van der Waals surface area contributed by atoms with Crippen molar-refractivity contribution < 1.29 is 13.2 Å². The highest BCUT2D eigenvalue weighted by molar-refractivity contribution is 7.89. The van der Waals surface area contributed by atoms with Crippen molar-refractivity contribution in [1.82, 2.24) is 14.1 Å². The van der Waals surface area contributed by atoms with Crippen molar-refractivity contribution in [3.8, 4) is 0 Å². The summed E-state index contributed by atoms with van der Waals surface area (Å²) in [7, 11) is -3.55. The summed E-state index contributed by atoms with van der Waals surface area (Å²) in [5.41, 5.74) is 0.509. The average Bonchev–Trinajstić information content (AvgIpc) is 3.13. The first-order valence-corrected chi connectivity index (χ1v) is 14.9. The molecule has 0 aromatic heterocycles. The van der Waals surface area contributed by atoms with Crippen LogP contribution in [0.4, 0.5) is 0 Å². The molecular weight excluding hydrogens is 446 g/mol. The molecule has 34 heavy (non-hydrogen) atoms. The van der Waals surface area contributed by atoms with Crippen molar-refractivity contribution in [2.45, 2.75) is 69.6 Å². The van der Waals surface area contributed by atoms with E-state index in [0.29, 0.717) is 31.1 Å². The van der Waals surface area contributed by atoms with Gasteiger partial charge >= 0.3 is 0 Å². The Morgan fingerprint density at radius 3 is 2.35 bits per heavy atom. The third-order valence-electron chi connectivity index (χ3n) is 8.04. The standard InChI is InChI=1S/C27H43N3O3S/c1-23-8-7-16-30(21-23)34(32,33)26-10-6-9-25(20-26)27(31)22-29-18-12-24(13-19-29)11-17-28-14-4-2-3-5-15-28/h6,9-10,20,23-24H,2-5,7-8,11-19,21-22H2,1H3. The summed E-state index contributed by atoms with van der Waals surface area (Å²) in [4.78, 5) is 18.2. The van der Waals surface area contributed by atoms with E-state index in [4.69, 9.17) is 0 Å². The van der Waals surface area contributed by atoms with Crippen LogP contribution < -0.4 is 0 Å². The fourth-order valence-electron chi connectivity index (χ4n) is 5.80. The molecule has 0 saturated carbocycles. The monoisotopic (exact) mass is 489 g/mol. The van der Waals surface area contributed by atoms with Crippen molar-refractivity contribution >= 4 is 15.8 Å². The smallest absolute Gasteiger partial charge is 0.243 e. The zero-order chi connectivity index (χ0) is 24.0. The van der Waals surface area contributed by atoms with Gasteiger partial charge in [-0.1, -0.05) is 31.9 Å². The Hall–Kier alpha value is -1.28. The summed E-state index contributed by atoms with van der Waals surface area (Å²) >= 11 is 0. The maximum absolute atomic E-state index is 13.1. The third kappa shape index (κ3) is 6.90. The van der Waals surface area contributed by atoms with E-state index in [1.807, 2.05) is 0 Å². The van der Waals surface area contributed by atoms with E-state index in [0.717, 1.165) is 44.7 Å². The van der Waals surface area contributed by atoms with Gasteiger partial charge in [0.15, 0.2) is 5.78 Å². The highest BCUT2D eigenvalue weighted by Crippen LogP contribution is 2.25. The largest absolute Gasteiger partial charge is 0.303 e. The fraction of sp³-hybridized carbons (Fsp3) is 0.741. The number of piperidine rings is 2. The molecule has 0 spiro atoms. The summed E-state index contributed by atoms with van der Waals surface area (Å²) in [6.45, 7) is 9.27. The zero-order valence-corrected chi connectivity index (χ0v) is 21.8. The van der Waals surface area contributed by atoms with E-state index in [9.17, 15) is 13.2 Å². The zero-order valence-electron chi connectivity index (χ0n) is 21.0. The van der Waals surface area contributed by atoms with Crippen LogP contribution in [0, 0.1) is 11.8 Å². The van der Waals surface area contributed by atoms with Gasteiger partial charge in [-0.15, -0.1) is 0 Å². The summed E-state index contributed by atoms with van der Waals surface area (Å²) in [5, 5.41) is 0. The van der Waals surface area contributed by atoms with Crippen LogP contribution in [0.3, 0.4) is 0 Å². The third-order valence-corrected chi connectivity index (χ3v) is 9.90. The van der Waals surface area contributed by atoms with Gasteiger partial charge in [0.1, 0.15) is 0 Å². The molecule has 1 atom stereocenters. The Bertz CT molecular complexity index is 903. The fourth-order valence-corrected chi connectivity index (χ4v) is 7.44. The minimum Gasteiger partial charge on any atom is -0.303 e. The number of rotatable bonds is 8. The van der Waals surface area contributed by atoms with Crippen LogP contribution in [0.15, 0.2) is 29.2 Å². The van der Waals surface area contributed by atoms with Gasteiger partial charge in [0.2, 0.25) is 10.0 Å². The molecule has 0 radical (unpaired) electrons. The first-order valence-electron chi connectivity index (χ1n) is 13.5. The average molecular weight is 490 g/mol. The quantitative estimate of drug-likeness (QED) is 0.511. The first-order chi connectivity index (χ1) is 16.4. The SMILES string of the molecule is CC1CCCN(S(=O)(=O)c2cccc(C(=O)CN3CCC(CCN4CCCCCC4)CC3)c2)C1. The summed E-state index contributed by atoms with van der Waals surface area (Å²) in [6.07, 6.45) is 11.0. The van der Waals surface area contributed by atoms with Crippen molar-refractivity contribution in [3.05, 3.63) is 29.8 Å². The molecule has 1 aromatic carbocycles. The molecule has 0 bridgehead atoms.